The van der Waals surface area contributed by atoms with E-state index in [1.54, 1.807) is 18.2 Å². The number of esters is 1. The van der Waals surface area contributed by atoms with Gasteiger partial charge in [0, 0.05) is 12.6 Å². The number of fused-ring (bicyclic) bond motifs is 1. The number of methoxy groups -OCH3 is 1. The van der Waals surface area contributed by atoms with E-state index in [-0.39, 0.29) is 12.3 Å². The fraction of sp³-hybridized carbons (Fsp3) is 0.318. The van der Waals surface area contributed by atoms with Gasteiger partial charge in [0.1, 0.15) is 5.75 Å². The normalized spacial score (nSPS) is 12.1. The fourth-order valence-electron chi connectivity index (χ4n) is 3.37. The predicted molar refractivity (Wildman–Crippen MR) is 109 cm³/mol. The molecule has 2 amide bonds. The molecule has 0 heterocycles. The van der Waals surface area contributed by atoms with Gasteiger partial charge in [0.15, 0.2) is 6.61 Å². The summed E-state index contributed by atoms with van der Waals surface area (Å²) in [5.41, 5.74) is 4.41. The van der Waals surface area contributed by atoms with Gasteiger partial charge in [0.05, 0.1) is 19.2 Å². The minimum absolute atomic E-state index is 0.127. The van der Waals surface area contributed by atoms with Crippen molar-refractivity contribution in [1.29, 1.82) is 0 Å². The first-order valence-electron chi connectivity index (χ1n) is 9.46. The smallest absolute Gasteiger partial charge is 0.310 e. The Bertz CT molecular complexity index is 939. The van der Waals surface area contributed by atoms with E-state index in [1.807, 2.05) is 12.1 Å². The molecular weight excluding hydrogens is 372 g/mol. The maximum absolute atomic E-state index is 12.2. The van der Waals surface area contributed by atoms with Gasteiger partial charge in [0.25, 0.3) is 5.91 Å². The Labute approximate surface area is 169 Å². The second kappa shape index (κ2) is 9.23. The minimum Gasteiger partial charge on any atom is -0.495 e. The lowest BCUT2D eigenvalue weighted by atomic mass is 10.0. The van der Waals surface area contributed by atoms with Crippen LogP contribution in [0.3, 0.4) is 0 Å². The standard InChI is InChI=1S/C22H24N2O5/c1-14(25)23-18-8-9-20(28-2)19(12-18)24-21(26)13-29-22(27)11-15-6-7-16-4-3-5-17(16)10-15/h6-10,12H,3-5,11,13H2,1-2H3,(H,23,25)(H,24,26). The summed E-state index contributed by atoms with van der Waals surface area (Å²) in [5.74, 6) is -0.757. The summed E-state index contributed by atoms with van der Waals surface area (Å²) in [5, 5.41) is 5.27. The first kappa shape index (κ1) is 20.4. The number of anilines is 2. The van der Waals surface area contributed by atoms with Crippen molar-refractivity contribution >= 4 is 29.2 Å². The van der Waals surface area contributed by atoms with E-state index in [4.69, 9.17) is 9.47 Å². The molecule has 0 unspecified atom stereocenters. The molecule has 0 saturated heterocycles. The molecule has 2 aromatic carbocycles. The van der Waals surface area contributed by atoms with Crippen molar-refractivity contribution in [2.24, 2.45) is 0 Å². The number of rotatable bonds is 7. The van der Waals surface area contributed by atoms with Gasteiger partial charge in [-0.2, -0.15) is 0 Å². The third kappa shape index (κ3) is 5.57. The van der Waals surface area contributed by atoms with E-state index in [2.05, 4.69) is 16.7 Å². The van der Waals surface area contributed by atoms with Crippen LogP contribution in [0.2, 0.25) is 0 Å². The zero-order valence-corrected chi connectivity index (χ0v) is 16.5. The number of hydrogen-bond donors (Lipinski definition) is 2. The van der Waals surface area contributed by atoms with Gasteiger partial charge in [-0.3, -0.25) is 14.4 Å². The summed E-state index contributed by atoms with van der Waals surface area (Å²) >= 11 is 0. The Hall–Kier alpha value is -3.35. The Kier molecular flexibility index (Phi) is 6.49. The van der Waals surface area contributed by atoms with Crippen LogP contribution in [0.15, 0.2) is 36.4 Å². The molecule has 0 bridgehead atoms. The molecular formula is C22H24N2O5. The van der Waals surface area contributed by atoms with Crippen LogP contribution in [0.5, 0.6) is 5.75 Å². The van der Waals surface area contributed by atoms with Crippen molar-refractivity contribution in [1.82, 2.24) is 0 Å². The van der Waals surface area contributed by atoms with E-state index in [9.17, 15) is 14.4 Å². The summed E-state index contributed by atoms with van der Waals surface area (Å²) in [7, 11) is 1.47. The van der Waals surface area contributed by atoms with Crippen LogP contribution in [0.25, 0.3) is 0 Å². The summed E-state index contributed by atoms with van der Waals surface area (Å²) < 4.78 is 10.3. The number of nitrogens with one attached hydrogen (secondary N) is 2. The van der Waals surface area contributed by atoms with Gasteiger partial charge < -0.3 is 20.1 Å². The Morgan fingerprint density at radius 2 is 1.79 bits per heavy atom. The van der Waals surface area contributed by atoms with Gasteiger partial charge in [-0.05, 0) is 54.2 Å². The number of carbonyl (C=O) groups excluding carboxylic acids is 3. The number of amides is 2. The molecule has 1 aliphatic rings. The van der Waals surface area contributed by atoms with Gasteiger partial charge in [-0.25, -0.2) is 0 Å². The summed E-state index contributed by atoms with van der Waals surface area (Å²) in [6.07, 6.45) is 3.41. The highest BCUT2D eigenvalue weighted by Crippen LogP contribution is 2.28. The molecule has 7 heteroatoms. The Morgan fingerprint density at radius 3 is 2.55 bits per heavy atom. The molecule has 0 radical (unpaired) electrons. The topological polar surface area (TPSA) is 93.7 Å². The molecule has 1 aliphatic carbocycles. The van der Waals surface area contributed by atoms with Gasteiger partial charge in [0.2, 0.25) is 5.91 Å². The molecule has 0 spiro atoms. The largest absolute Gasteiger partial charge is 0.495 e. The van der Waals surface area contributed by atoms with Crippen molar-refractivity contribution in [3.8, 4) is 5.75 Å². The average Bonchev–Trinajstić information content (AvgIpc) is 3.14. The van der Waals surface area contributed by atoms with Gasteiger partial charge >= 0.3 is 5.97 Å². The maximum atomic E-state index is 12.2. The molecule has 0 aliphatic heterocycles. The van der Waals surface area contributed by atoms with Crippen molar-refractivity contribution in [2.45, 2.75) is 32.6 Å². The van der Waals surface area contributed by atoms with E-state index in [0.717, 1.165) is 24.8 Å². The molecule has 0 saturated carbocycles. The lowest BCUT2D eigenvalue weighted by Gasteiger charge is -2.12. The predicted octanol–water partition coefficient (Wildman–Crippen LogP) is 2.87. The van der Waals surface area contributed by atoms with Crippen LogP contribution in [0.4, 0.5) is 11.4 Å². The molecule has 2 aromatic rings. The van der Waals surface area contributed by atoms with Crippen molar-refractivity contribution in [2.75, 3.05) is 24.4 Å². The monoisotopic (exact) mass is 396 g/mol. The van der Waals surface area contributed by atoms with Gasteiger partial charge in [-0.15, -0.1) is 0 Å². The summed E-state index contributed by atoms with van der Waals surface area (Å²) in [6, 6.07) is 10.9. The Morgan fingerprint density at radius 1 is 1.00 bits per heavy atom. The average molecular weight is 396 g/mol. The highest BCUT2D eigenvalue weighted by Gasteiger charge is 2.15. The van der Waals surface area contributed by atoms with Crippen LogP contribution in [-0.2, 0) is 38.4 Å². The highest BCUT2D eigenvalue weighted by molar-refractivity contribution is 5.96. The number of carbonyl (C=O) groups is 3. The molecule has 3 rings (SSSR count). The van der Waals surface area contributed by atoms with E-state index in [1.165, 1.54) is 25.2 Å². The molecule has 0 fully saturated rings. The van der Waals surface area contributed by atoms with Crippen molar-refractivity contribution < 1.29 is 23.9 Å². The van der Waals surface area contributed by atoms with Gasteiger partial charge in [-0.1, -0.05) is 18.2 Å². The molecule has 7 nitrogen and oxygen atoms in total. The van der Waals surface area contributed by atoms with Crippen LogP contribution >= 0.6 is 0 Å². The van der Waals surface area contributed by atoms with Crippen LogP contribution in [0, 0.1) is 0 Å². The Balaban J connectivity index is 1.54. The number of hydrogen-bond acceptors (Lipinski definition) is 5. The fourth-order valence-corrected chi connectivity index (χ4v) is 3.37. The van der Waals surface area contributed by atoms with Crippen LogP contribution in [0.1, 0.15) is 30.0 Å². The van der Waals surface area contributed by atoms with Crippen molar-refractivity contribution in [3.05, 3.63) is 53.1 Å². The molecule has 2 N–H and O–H groups in total. The van der Waals surface area contributed by atoms with Crippen molar-refractivity contribution in [3.63, 3.8) is 0 Å². The highest BCUT2D eigenvalue weighted by atomic mass is 16.5. The van der Waals surface area contributed by atoms with E-state index < -0.39 is 18.5 Å². The zero-order chi connectivity index (χ0) is 20.8. The second-order valence-electron chi connectivity index (χ2n) is 6.94. The number of ether oxygens (including phenoxy) is 2. The van der Waals surface area contributed by atoms with E-state index in [0.29, 0.717) is 17.1 Å². The van der Waals surface area contributed by atoms with Crippen LogP contribution < -0.4 is 15.4 Å². The maximum Gasteiger partial charge on any atom is 0.310 e. The molecule has 152 valence electrons. The summed E-state index contributed by atoms with van der Waals surface area (Å²) in [4.78, 5) is 35.5. The molecule has 29 heavy (non-hydrogen) atoms. The zero-order valence-electron chi connectivity index (χ0n) is 16.5. The SMILES string of the molecule is COc1ccc(NC(C)=O)cc1NC(=O)COC(=O)Cc1ccc2c(c1)CCC2. The minimum atomic E-state index is -0.495. The third-order valence-electron chi connectivity index (χ3n) is 4.67. The lowest BCUT2D eigenvalue weighted by Crippen LogP contribution is -2.22. The van der Waals surface area contributed by atoms with E-state index >= 15 is 0 Å². The quantitative estimate of drug-likeness (QED) is 0.702. The summed E-state index contributed by atoms with van der Waals surface area (Å²) in [6.45, 7) is 0.986. The third-order valence-corrected chi connectivity index (χ3v) is 4.67. The molecule has 0 aromatic heterocycles. The second-order valence-corrected chi connectivity index (χ2v) is 6.94. The first-order valence-corrected chi connectivity index (χ1v) is 9.46. The number of benzene rings is 2. The lowest BCUT2D eigenvalue weighted by molar-refractivity contribution is -0.146. The first-order chi connectivity index (χ1) is 13.9. The number of aryl methyl sites for hydroxylation is 2. The van der Waals surface area contributed by atoms with Crippen LogP contribution in [-0.4, -0.2) is 31.5 Å². The molecule has 0 atom stereocenters.